The summed E-state index contributed by atoms with van der Waals surface area (Å²) in [7, 11) is 0. The molecule has 0 radical (unpaired) electrons. The normalized spacial score (nSPS) is 16.7. The summed E-state index contributed by atoms with van der Waals surface area (Å²) in [5.74, 6) is -2.02. The average Bonchev–Trinajstić information content (AvgIpc) is 3.56. The summed E-state index contributed by atoms with van der Waals surface area (Å²) in [6.07, 6.45) is 10.9. The van der Waals surface area contributed by atoms with Gasteiger partial charge < -0.3 is 34.2 Å². The minimum atomic E-state index is -1.42. The van der Waals surface area contributed by atoms with Gasteiger partial charge in [-0.2, -0.15) is 0 Å². The third-order valence-corrected chi connectivity index (χ3v) is 9.45. The van der Waals surface area contributed by atoms with E-state index in [2.05, 4.69) is 20.5 Å². The van der Waals surface area contributed by atoms with Gasteiger partial charge in [0.25, 0.3) is 5.91 Å². The number of rotatable bonds is 15. The van der Waals surface area contributed by atoms with Crippen molar-refractivity contribution in [3.8, 4) is 11.3 Å². The number of furan rings is 1. The van der Waals surface area contributed by atoms with Gasteiger partial charge in [-0.25, -0.2) is 0 Å². The van der Waals surface area contributed by atoms with E-state index in [0.717, 1.165) is 76.6 Å². The molecule has 0 aromatic carbocycles. The smallest absolute Gasteiger partial charge is 0.302 e. The molecule has 0 spiro atoms. The molecule has 49 heavy (non-hydrogen) atoms. The fraction of sp³-hybridized carbons (Fsp3) is 0.611. The van der Waals surface area contributed by atoms with Gasteiger partial charge in [0, 0.05) is 52.5 Å². The van der Waals surface area contributed by atoms with Crippen LogP contribution in [0.5, 0.6) is 0 Å². The summed E-state index contributed by atoms with van der Waals surface area (Å²) in [5.41, 5.74) is 0.735. The summed E-state index contributed by atoms with van der Waals surface area (Å²) in [6.45, 7) is 7.14. The number of esters is 3. The fourth-order valence-corrected chi connectivity index (χ4v) is 6.71. The van der Waals surface area contributed by atoms with Crippen molar-refractivity contribution in [1.29, 1.82) is 0 Å². The van der Waals surface area contributed by atoms with Crippen molar-refractivity contribution in [2.75, 3.05) is 39.5 Å². The van der Waals surface area contributed by atoms with E-state index in [1.54, 1.807) is 12.3 Å². The summed E-state index contributed by atoms with van der Waals surface area (Å²) >= 11 is 0. The maximum atomic E-state index is 13.7. The van der Waals surface area contributed by atoms with Gasteiger partial charge in [0.15, 0.2) is 0 Å². The maximum absolute atomic E-state index is 13.7. The number of hydrogen-bond acceptors (Lipinski definition) is 11. The highest BCUT2D eigenvalue weighted by Gasteiger charge is 2.40. The van der Waals surface area contributed by atoms with Gasteiger partial charge in [-0.3, -0.25) is 29.0 Å². The van der Waals surface area contributed by atoms with Crippen LogP contribution >= 0.6 is 0 Å². The van der Waals surface area contributed by atoms with E-state index in [-0.39, 0.29) is 55.3 Å². The molecule has 13 heteroatoms. The Morgan fingerprint density at radius 1 is 0.918 bits per heavy atom. The van der Waals surface area contributed by atoms with Crippen LogP contribution in [-0.4, -0.2) is 90.6 Å². The van der Waals surface area contributed by atoms with Crippen LogP contribution in [0.4, 0.5) is 0 Å². The van der Waals surface area contributed by atoms with E-state index in [9.17, 15) is 24.0 Å². The third kappa shape index (κ3) is 11.4. The Bertz CT molecular complexity index is 1390. The van der Waals surface area contributed by atoms with Crippen molar-refractivity contribution in [1.82, 2.24) is 20.5 Å². The summed E-state index contributed by atoms with van der Waals surface area (Å²) in [4.78, 5) is 68.7. The zero-order valence-corrected chi connectivity index (χ0v) is 29.1. The summed E-state index contributed by atoms with van der Waals surface area (Å²) in [5, 5.41) is 6.06. The first-order valence-electron chi connectivity index (χ1n) is 17.1. The van der Waals surface area contributed by atoms with Gasteiger partial charge in [0.05, 0.1) is 17.5 Å². The van der Waals surface area contributed by atoms with E-state index in [0.29, 0.717) is 11.3 Å². The minimum absolute atomic E-state index is 0.0156. The average molecular weight is 683 g/mol. The van der Waals surface area contributed by atoms with Gasteiger partial charge in [0.2, 0.25) is 11.7 Å². The van der Waals surface area contributed by atoms with E-state index >= 15 is 0 Å². The van der Waals surface area contributed by atoms with Gasteiger partial charge in [-0.15, -0.1) is 0 Å². The molecule has 2 aromatic heterocycles. The molecule has 268 valence electrons. The number of pyridine rings is 1. The van der Waals surface area contributed by atoms with Crippen molar-refractivity contribution in [3.63, 3.8) is 0 Å². The highest BCUT2D eigenvalue weighted by molar-refractivity contribution is 5.98. The molecule has 3 heterocycles. The van der Waals surface area contributed by atoms with Crippen LogP contribution in [0, 0.1) is 12.3 Å². The number of hydrogen-bond donors (Lipinski definition) is 2. The molecule has 13 nitrogen and oxygen atoms in total. The molecule has 2 fully saturated rings. The Labute approximate surface area is 287 Å². The quantitative estimate of drug-likeness (QED) is 0.205. The molecule has 1 saturated heterocycles. The molecule has 2 amide bonds. The predicted octanol–water partition coefficient (Wildman–Crippen LogP) is 4.12. The van der Waals surface area contributed by atoms with Crippen LogP contribution in [0.25, 0.3) is 11.3 Å². The number of nitrogens with one attached hydrogen (secondary N) is 2. The first kappa shape index (κ1) is 37.6. The largest absolute Gasteiger partial charge is 0.463 e. The maximum Gasteiger partial charge on any atom is 0.302 e. The van der Waals surface area contributed by atoms with Crippen LogP contribution in [0.2, 0.25) is 0 Å². The lowest BCUT2D eigenvalue weighted by atomic mass is 9.69. The third-order valence-electron chi connectivity index (χ3n) is 9.45. The topological polar surface area (TPSA) is 166 Å². The van der Waals surface area contributed by atoms with Crippen molar-refractivity contribution >= 4 is 29.7 Å². The van der Waals surface area contributed by atoms with Gasteiger partial charge >= 0.3 is 17.9 Å². The van der Waals surface area contributed by atoms with E-state index in [1.807, 2.05) is 19.1 Å². The number of piperidine rings is 1. The number of amides is 2. The first-order chi connectivity index (χ1) is 23.4. The Morgan fingerprint density at radius 3 is 2.08 bits per heavy atom. The highest BCUT2D eigenvalue weighted by atomic mass is 16.6. The number of likely N-dealkylation sites (tertiary alicyclic amines) is 1. The zero-order valence-electron chi connectivity index (χ0n) is 29.1. The molecule has 2 N–H and O–H groups in total. The van der Waals surface area contributed by atoms with Crippen molar-refractivity contribution in [2.45, 2.75) is 97.1 Å². The lowest BCUT2D eigenvalue weighted by Crippen LogP contribution is -2.59. The predicted molar refractivity (Wildman–Crippen MR) is 179 cm³/mol. The van der Waals surface area contributed by atoms with Crippen LogP contribution in [0.3, 0.4) is 0 Å². The van der Waals surface area contributed by atoms with Crippen molar-refractivity contribution in [2.24, 2.45) is 5.41 Å². The molecule has 4 rings (SSSR count). The molecular formula is C36H50N4O9. The van der Waals surface area contributed by atoms with Crippen LogP contribution in [0.1, 0.15) is 94.7 Å². The molecular weight excluding hydrogens is 632 g/mol. The number of nitrogens with zero attached hydrogens (tertiary/aromatic N) is 2. The second-order valence-electron chi connectivity index (χ2n) is 13.6. The molecule has 1 aliphatic heterocycles. The summed E-state index contributed by atoms with van der Waals surface area (Å²) in [6, 6.07) is 5.61. The van der Waals surface area contributed by atoms with Gasteiger partial charge in [-0.05, 0) is 68.7 Å². The lowest BCUT2D eigenvalue weighted by Gasteiger charge is -2.41. The van der Waals surface area contributed by atoms with Gasteiger partial charge in [-0.1, -0.05) is 25.3 Å². The van der Waals surface area contributed by atoms with Crippen LogP contribution in [0.15, 0.2) is 35.1 Å². The molecule has 2 aromatic rings. The number of carbonyl (C=O) groups is 5. The second-order valence-corrected chi connectivity index (χ2v) is 13.6. The Balaban J connectivity index is 1.33. The molecule has 2 aliphatic rings. The minimum Gasteiger partial charge on any atom is -0.463 e. The number of aromatic nitrogens is 1. The zero-order chi connectivity index (χ0) is 35.4. The first-order valence-corrected chi connectivity index (χ1v) is 17.1. The molecule has 0 unspecified atom stereocenters. The molecule has 0 atom stereocenters. The van der Waals surface area contributed by atoms with E-state index in [1.165, 1.54) is 27.0 Å². The van der Waals surface area contributed by atoms with Gasteiger partial charge in [0.1, 0.15) is 25.4 Å². The Hall–Kier alpha value is -4.26. The number of ether oxygens (including phenoxy) is 3. The second kappa shape index (κ2) is 17.4. The van der Waals surface area contributed by atoms with E-state index in [4.69, 9.17) is 18.6 Å². The Morgan fingerprint density at radius 2 is 1.53 bits per heavy atom. The molecule has 0 bridgehead atoms. The standard InChI is InChI=1S/C36H50N4O9/c1-25-8-9-31(37-21-25)30-12-19-46-33(30)34(45)38-29-10-16-40(17-11-29)18-15-35(13-6-5-7-14-35)20-32(44)39-36(22-47-26(2)41,23-48-27(3)42)24-49-28(4)43/h8-9,12,19,21,29H,5-7,10-11,13-18,20,22-24H2,1-4H3,(H,38,45)(H,39,44). The van der Waals surface area contributed by atoms with Crippen molar-refractivity contribution < 1.29 is 42.6 Å². The summed E-state index contributed by atoms with van der Waals surface area (Å²) < 4.78 is 21.2. The monoisotopic (exact) mass is 682 g/mol. The lowest BCUT2D eigenvalue weighted by molar-refractivity contribution is -0.157. The number of aryl methyl sites for hydroxylation is 1. The fourth-order valence-electron chi connectivity index (χ4n) is 6.71. The highest BCUT2D eigenvalue weighted by Crippen LogP contribution is 2.42. The Kier molecular flexibility index (Phi) is 13.3. The molecule has 1 aliphatic carbocycles. The molecule has 1 saturated carbocycles. The van der Waals surface area contributed by atoms with Crippen LogP contribution < -0.4 is 10.6 Å². The number of carbonyl (C=O) groups excluding carboxylic acids is 5. The van der Waals surface area contributed by atoms with E-state index < -0.39 is 23.4 Å². The van der Waals surface area contributed by atoms with Crippen molar-refractivity contribution in [3.05, 3.63) is 42.0 Å². The van der Waals surface area contributed by atoms with Crippen LogP contribution in [-0.2, 0) is 33.4 Å². The SMILES string of the molecule is CC(=O)OCC(COC(C)=O)(COC(C)=O)NC(=O)CC1(CCN2CCC(NC(=O)c3occc3-c3ccc(C)cn3)CC2)CCCCC1.